The van der Waals surface area contributed by atoms with Gasteiger partial charge in [-0.05, 0) is 40.4 Å². The van der Waals surface area contributed by atoms with Gasteiger partial charge in [0.15, 0.2) is 0 Å². The van der Waals surface area contributed by atoms with E-state index in [-0.39, 0.29) is 6.04 Å². The highest BCUT2D eigenvalue weighted by Gasteiger charge is 2.13. The molecule has 0 saturated carbocycles. The predicted octanol–water partition coefficient (Wildman–Crippen LogP) is 3.76. The molecule has 0 amide bonds. The molecule has 2 N–H and O–H groups in total. The van der Waals surface area contributed by atoms with E-state index in [0.717, 1.165) is 21.7 Å². The highest BCUT2D eigenvalue weighted by Crippen LogP contribution is 2.29. The van der Waals surface area contributed by atoms with E-state index in [1.807, 2.05) is 36.6 Å². The van der Waals surface area contributed by atoms with Crippen molar-refractivity contribution in [2.45, 2.75) is 13.0 Å². The van der Waals surface area contributed by atoms with Crippen LogP contribution in [0.4, 0.5) is 0 Å². The molecule has 15 heavy (non-hydrogen) atoms. The number of nitrogens with two attached hydrogens (primary N) is 1. The first kappa shape index (κ1) is 10.7. The Kier molecular flexibility index (Phi) is 3.10. The van der Waals surface area contributed by atoms with Crippen LogP contribution in [0, 0.1) is 6.92 Å². The van der Waals surface area contributed by atoms with Crippen LogP contribution in [0.3, 0.4) is 0 Å². The van der Waals surface area contributed by atoms with Crippen molar-refractivity contribution >= 4 is 22.9 Å². The summed E-state index contributed by atoms with van der Waals surface area (Å²) in [5.74, 6) is 0. The van der Waals surface area contributed by atoms with Crippen molar-refractivity contribution in [2.24, 2.45) is 5.73 Å². The number of benzene rings is 1. The molecule has 78 valence electrons. The maximum atomic E-state index is 6.23. The third kappa shape index (κ3) is 2.07. The number of halogens is 1. The number of hydrogen-bond donors (Lipinski definition) is 1. The number of hydrogen-bond acceptors (Lipinski definition) is 2. The van der Waals surface area contributed by atoms with Gasteiger partial charge in [-0.2, -0.15) is 11.3 Å². The molecule has 3 heteroatoms. The van der Waals surface area contributed by atoms with Gasteiger partial charge < -0.3 is 5.73 Å². The Balaban J connectivity index is 2.42. The molecule has 1 aromatic heterocycles. The van der Waals surface area contributed by atoms with Gasteiger partial charge in [-0.25, -0.2) is 0 Å². The minimum Gasteiger partial charge on any atom is -0.320 e. The second-order valence-corrected chi connectivity index (χ2v) is 4.67. The van der Waals surface area contributed by atoms with Gasteiger partial charge in [0.25, 0.3) is 0 Å². The van der Waals surface area contributed by atoms with E-state index in [9.17, 15) is 0 Å². The van der Waals surface area contributed by atoms with Gasteiger partial charge >= 0.3 is 0 Å². The van der Waals surface area contributed by atoms with E-state index in [4.69, 9.17) is 17.3 Å². The number of rotatable bonds is 2. The summed E-state index contributed by atoms with van der Waals surface area (Å²) < 4.78 is 0. The molecule has 0 aliphatic carbocycles. The summed E-state index contributed by atoms with van der Waals surface area (Å²) in [6, 6.07) is 7.88. The fraction of sp³-hybridized carbons (Fsp3) is 0.167. The Labute approximate surface area is 98.5 Å². The van der Waals surface area contributed by atoms with Crippen molar-refractivity contribution in [2.75, 3.05) is 0 Å². The van der Waals surface area contributed by atoms with Crippen LogP contribution in [0.25, 0.3) is 0 Å². The summed E-state index contributed by atoms with van der Waals surface area (Å²) in [5, 5.41) is 4.86. The van der Waals surface area contributed by atoms with Crippen LogP contribution >= 0.6 is 22.9 Å². The molecule has 1 nitrogen and oxygen atoms in total. The van der Waals surface area contributed by atoms with E-state index >= 15 is 0 Å². The van der Waals surface area contributed by atoms with E-state index < -0.39 is 0 Å². The first-order chi connectivity index (χ1) is 7.20. The molecule has 0 fully saturated rings. The quantitative estimate of drug-likeness (QED) is 0.846. The van der Waals surface area contributed by atoms with Crippen molar-refractivity contribution in [3.63, 3.8) is 0 Å². The van der Waals surface area contributed by atoms with Crippen molar-refractivity contribution in [1.82, 2.24) is 0 Å². The van der Waals surface area contributed by atoms with E-state index in [1.165, 1.54) is 0 Å². The molecule has 0 spiro atoms. The van der Waals surface area contributed by atoms with Crippen LogP contribution in [0.15, 0.2) is 35.0 Å². The Hall–Kier alpha value is -0.830. The highest BCUT2D eigenvalue weighted by molar-refractivity contribution is 7.08. The SMILES string of the molecule is Cc1cccc(C(N)c2ccsc2)c1Cl. The summed E-state index contributed by atoms with van der Waals surface area (Å²) in [7, 11) is 0. The van der Waals surface area contributed by atoms with Gasteiger partial charge in [0.2, 0.25) is 0 Å². The maximum Gasteiger partial charge on any atom is 0.0574 e. The summed E-state index contributed by atoms with van der Waals surface area (Å²) in [5.41, 5.74) is 9.34. The fourth-order valence-electron chi connectivity index (χ4n) is 1.54. The summed E-state index contributed by atoms with van der Waals surface area (Å²) in [6.45, 7) is 1.99. The van der Waals surface area contributed by atoms with Crippen LogP contribution in [0.5, 0.6) is 0 Å². The molecular formula is C12H12ClNS. The lowest BCUT2D eigenvalue weighted by Gasteiger charge is -2.13. The van der Waals surface area contributed by atoms with Crippen LogP contribution in [-0.2, 0) is 0 Å². The lowest BCUT2D eigenvalue weighted by Crippen LogP contribution is -2.11. The van der Waals surface area contributed by atoms with Gasteiger partial charge in [0.05, 0.1) is 6.04 Å². The third-order valence-electron chi connectivity index (χ3n) is 2.46. The molecule has 1 aromatic carbocycles. The van der Waals surface area contributed by atoms with Crippen LogP contribution in [0.2, 0.25) is 5.02 Å². The second-order valence-electron chi connectivity index (χ2n) is 3.51. The van der Waals surface area contributed by atoms with Crippen LogP contribution in [-0.4, -0.2) is 0 Å². The smallest absolute Gasteiger partial charge is 0.0574 e. The molecule has 1 heterocycles. The standard InChI is InChI=1S/C12H12ClNS/c1-8-3-2-4-10(11(8)13)12(14)9-5-6-15-7-9/h2-7,12H,14H2,1H3. The Morgan fingerprint density at radius 1 is 1.33 bits per heavy atom. The van der Waals surface area contributed by atoms with Crippen LogP contribution in [0.1, 0.15) is 22.7 Å². The fourth-order valence-corrected chi connectivity index (χ4v) is 2.48. The molecule has 2 rings (SSSR count). The molecule has 0 saturated heterocycles. The monoisotopic (exact) mass is 237 g/mol. The minimum atomic E-state index is -0.122. The van der Waals surface area contributed by atoms with Crippen molar-refractivity contribution in [3.05, 3.63) is 56.7 Å². The average Bonchev–Trinajstić information content (AvgIpc) is 2.74. The molecule has 1 unspecified atom stereocenters. The molecule has 0 aliphatic rings. The Morgan fingerprint density at radius 2 is 2.13 bits per heavy atom. The first-order valence-corrected chi connectivity index (χ1v) is 6.05. The summed E-state index contributed by atoms with van der Waals surface area (Å²) in [6.07, 6.45) is 0. The van der Waals surface area contributed by atoms with E-state index in [2.05, 4.69) is 5.38 Å². The van der Waals surface area contributed by atoms with Gasteiger partial charge in [-0.3, -0.25) is 0 Å². The first-order valence-electron chi connectivity index (χ1n) is 4.73. The number of aryl methyl sites for hydroxylation is 1. The molecule has 1 atom stereocenters. The van der Waals surface area contributed by atoms with Crippen molar-refractivity contribution < 1.29 is 0 Å². The van der Waals surface area contributed by atoms with Crippen molar-refractivity contribution in [1.29, 1.82) is 0 Å². The zero-order valence-electron chi connectivity index (χ0n) is 8.41. The van der Waals surface area contributed by atoms with Gasteiger partial charge in [-0.1, -0.05) is 29.8 Å². The Morgan fingerprint density at radius 3 is 2.80 bits per heavy atom. The predicted molar refractivity (Wildman–Crippen MR) is 66.5 cm³/mol. The largest absolute Gasteiger partial charge is 0.320 e. The average molecular weight is 238 g/mol. The zero-order valence-corrected chi connectivity index (χ0v) is 9.98. The molecule has 0 bridgehead atoms. The minimum absolute atomic E-state index is 0.122. The topological polar surface area (TPSA) is 26.0 Å². The maximum absolute atomic E-state index is 6.23. The van der Waals surface area contributed by atoms with Crippen LogP contribution < -0.4 is 5.73 Å². The van der Waals surface area contributed by atoms with Gasteiger partial charge in [0.1, 0.15) is 0 Å². The van der Waals surface area contributed by atoms with E-state index in [1.54, 1.807) is 11.3 Å². The van der Waals surface area contributed by atoms with Gasteiger partial charge in [-0.15, -0.1) is 0 Å². The Bertz CT molecular complexity index is 451. The molecule has 2 aromatic rings. The summed E-state index contributed by atoms with van der Waals surface area (Å²) in [4.78, 5) is 0. The highest BCUT2D eigenvalue weighted by atomic mass is 35.5. The molecule has 0 aliphatic heterocycles. The van der Waals surface area contributed by atoms with Crippen molar-refractivity contribution in [3.8, 4) is 0 Å². The molecule has 0 radical (unpaired) electrons. The number of thiophene rings is 1. The van der Waals surface area contributed by atoms with Gasteiger partial charge in [0, 0.05) is 5.02 Å². The molecular weight excluding hydrogens is 226 g/mol. The lowest BCUT2D eigenvalue weighted by molar-refractivity contribution is 0.875. The normalized spacial score (nSPS) is 12.7. The lowest BCUT2D eigenvalue weighted by atomic mass is 10.0. The van der Waals surface area contributed by atoms with E-state index in [0.29, 0.717) is 0 Å². The third-order valence-corrected chi connectivity index (χ3v) is 3.68. The summed E-state index contributed by atoms with van der Waals surface area (Å²) >= 11 is 7.88. The zero-order chi connectivity index (χ0) is 10.8. The second kappa shape index (κ2) is 4.35.